The lowest BCUT2D eigenvalue weighted by Gasteiger charge is -1.96. The van der Waals surface area contributed by atoms with E-state index in [-0.39, 0.29) is 5.78 Å². The molecule has 3 aromatic rings. The number of aromatic nitrogens is 1. The van der Waals surface area contributed by atoms with E-state index in [1.807, 2.05) is 49.4 Å². The predicted octanol–water partition coefficient (Wildman–Crippen LogP) is 5.29. The molecule has 0 N–H and O–H groups in total. The van der Waals surface area contributed by atoms with Crippen LogP contribution < -0.4 is 0 Å². The van der Waals surface area contributed by atoms with Gasteiger partial charge in [-0.25, -0.2) is 4.98 Å². The molecule has 0 bridgehead atoms. The molecule has 3 rings (SSSR count). The van der Waals surface area contributed by atoms with Crippen molar-refractivity contribution in [1.82, 2.24) is 4.98 Å². The molecule has 0 fully saturated rings. The molecule has 0 unspecified atom stereocenters. The van der Waals surface area contributed by atoms with Gasteiger partial charge in [-0.05, 0) is 47.1 Å². The highest BCUT2D eigenvalue weighted by Gasteiger charge is 2.14. The number of oxazole rings is 1. The van der Waals surface area contributed by atoms with Crippen LogP contribution in [0.2, 0.25) is 0 Å². The third-order valence-electron chi connectivity index (χ3n) is 3.35. The molecular weight excluding hydrogens is 362 g/mol. The van der Waals surface area contributed by atoms with Crippen molar-refractivity contribution in [2.24, 2.45) is 0 Å². The SMILES string of the molecule is Cc1oc(-c2ccccc2)nc1CCC(=O)c1ccc(Br)s1. The molecule has 0 amide bonds. The zero-order valence-electron chi connectivity index (χ0n) is 12.0. The number of carbonyl (C=O) groups is 1. The number of carbonyl (C=O) groups excluding carboxylic acids is 1. The monoisotopic (exact) mass is 375 g/mol. The maximum Gasteiger partial charge on any atom is 0.226 e. The summed E-state index contributed by atoms with van der Waals surface area (Å²) in [5, 5.41) is 0. The molecule has 0 saturated carbocycles. The van der Waals surface area contributed by atoms with Crippen molar-refractivity contribution in [1.29, 1.82) is 0 Å². The van der Waals surface area contributed by atoms with Crippen LogP contribution in [0.3, 0.4) is 0 Å². The largest absolute Gasteiger partial charge is 0.441 e. The highest BCUT2D eigenvalue weighted by atomic mass is 79.9. The van der Waals surface area contributed by atoms with Gasteiger partial charge in [-0.2, -0.15) is 0 Å². The molecule has 0 aliphatic heterocycles. The van der Waals surface area contributed by atoms with Crippen LogP contribution in [0.15, 0.2) is 50.7 Å². The van der Waals surface area contributed by atoms with E-state index >= 15 is 0 Å². The van der Waals surface area contributed by atoms with E-state index in [0.717, 1.165) is 25.7 Å². The lowest BCUT2D eigenvalue weighted by molar-refractivity contribution is 0.0986. The summed E-state index contributed by atoms with van der Waals surface area (Å²) in [6, 6.07) is 13.5. The molecule has 0 atom stereocenters. The first-order valence-corrected chi connectivity index (χ1v) is 8.54. The average molecular weight is 376 g/mol. The van der Waals surface area contributed by atoms with Crippen LogP contribution in [0.4, 0.5) is 0 Å². The third-order valence-corrected chi connectivity index (χ3v) is 5.01. The number of Topliss-reactive ketones (excluding diaryl/α,β-unsaturated/α-hetero) is 1. The third kappa shape index (κ3) is 3.36. The predicted molar refractivity (Wildman–Crippen MR) is 91.3 cm³/mol. The van der Waals surface area contributed by atoms with Crippen LogP contribution >= 0.6 is 27.3 Å². The van der Waals surface area contributed by atoms with Crippen molar-refractivity contribution in [2.45, 2.75) is 19.8 Å². The maximum atomic E-state index is 12.2. The number of ketones is 1. The van der Waals surface area contributed by atoms with Crippen molar-refractivity contribution in [3.63, 3.8) is 0 Å². The Kier molecular flexibility index (Phi) is 4.55. The Bertz CT molecular complexity index is 792. The van der Waals surface area contributed by atoms with Gasteiger partial charge in [0.25, 0.3) is 0 Å². The number of aryl methyl sites for hydroxylation is 2. The van der Waals surface area contributed by atoms with Crippen LogP contribution in [-0.4, -0.2) is 10.8 Å². The lowest BCUT2D eigenvalue weighted by Crippen LogP contribution is -1.99. The molecule has 3 nitrogen and oxygen atoms in total. The minimum Gasteiger partial charge on any atom is -0.441 e. The Hall–Kier alpha value is -1.72. The molecule has 0 radical (unpaired) electrons. The highest BCUT2D eigenvalue weighted by molar-refractivity contribution is 9.11. The van der Waals surface area contributed by atoms with Crippen molar-refractivity contribution in [2.75, 3.05) is 0 Å². The fraction of sp³-hybridized carbons (Fsp3) is 0.176. The Morgan fingerprint density at radius 2 is 2.00 bits per heavy atom. The van der Waals surface area contributed by atoms with Crippen molar-refractivity contribution in [3.8, 4) is 11.5 Å². The second kappa shape index (κ2) is 6.58. The Labute approximate surface area is 141 Å². The van der Waals surface area contributed by atoms with Gasteiger partial charge in [0, 0.05) is 18.4 Å². The van der Waals surface area contributed by atoms with E-state index < -0.39 is 0 Å². The molecule has 0 aliphatic rings. The van der Waals surface area contributed by atoms with E-state index in [1.165, 1.54) is 11.3 Å². The van der Waals surface area contributed by atoms with Gasteiger partial charge < -0.3 is 4.42 Å². The number of benzene rings is 1. The summed E-state index contributed by atoms with van der Waals surface area (Å²) < 4.78 is 6.69. The van der Waals surface area contributed by atoms with E-state index in [2.05, 4.69) is 20.9 Å². The number of hydrogen-bond donors (Lipinski definition) is 0. The number of hydrogen-bond acceptors (Lipinski definition) is 4. The van der Waals surface area contributed by atoms with Gasteiger partial charge in [0.1, 0.15) is 5.76 Å². The zero-order chi connectivity index (χ0) is 15.5. The maximum absolute atomic E-state index is 12.2. The smallest absolute Gasteiger partial charge is 0.226 e. The summed E-state index contributed by atoms with van der Waals surface area (Å²) in [5.41, 5.74) is 1.80. The van der Waals surface area contributed by atoms with Gasteiger partial charge in [-0.1, -0.05) is 18.2 Å². The van der Waals surface area contributed by atoms with Crippen molar-refractivity contribution >= 4 is 33.0 Å². The zero-order valence-corrected chi connectivity index (χ0v) is 14.4. The highest BCUT2D eigenvalue weighted by Crippen LogP contribution is 2.25. The molecule has 2 heterocycles. The summed E-state index contributed by atoms with van der Waals surface area (Å²) in [6.07, 6.45) is 1.03. The van der Waals surface area contributed by atoms with Crippen molar-refractivity contribution in [3.05, 3.63) is 62.6 Å². The summed E-state index contributed by atoms with van der Waals surface area (Å²) in [4.78, 5) is 17.5. The summed E-state index contributed by atoms with van der Waals surface area (Å²) in [7, 11) is 0. The number of rotatable bonds is 5. The van der Waals surface area contributed by atoms with Crippen LogP contribution in [-0.2, 0) is 6.42 Å². The molecule has 0 saturated heterocycles. The normalized spacial score (nSPS) is 10.8. The topological polar surface area (TPSA) is 43.1 Å². The second-order valence-electron chi connectivity index (χ2n) is 4.91. The minimum atomic E-state index is 0.138. The number of thiophene rings is 1. The fourth-order valence-corrected chi connectivity index (χ4v) is 3.54. The van der Waals surface area contributed by atoms with Gasteiger partial charge in [-0.15, -0.1) is 11.3 Å². The van der Waals surface area contributed by atoms with Crippen LogP contribution in [0.5, 0.6) is 0 Å². The minimum absolute atomic E-state index is 0.138. The molecule has 5 heteroatoms. The first-order valence-electron chi connectivity index (χ1n) is 6.94. The Morgan fingerprint density at radius 3 is 2.68 bits per heavy atom. The second-order valence-corrected chi connectivity index (χ2v) is 7.38. The van der Waals surface area contributed by atoms with Gasteiger partial charge in [0.15, 0.2) is 5.78 Å². The Balaban J connectivity index is 1.71. The molecule has 0 spiro atoms. The molecule has 0 aliphatic carbocycles. The van der Waals surface area contributed by atoms with Gasteiger partial charge >= 0.3 is 0 Å². The van der Waals surface area contributed by atoms with Crippen LogP contribution in [0, 0.1) is 6.92 Å². The fourth-order valence-electron chi connectivity index (χ4n) is 2.18. The summed E-state index contributed by atoms with van der Waals surface area (Å²) >= 11 is 4.84. The van der Waals surface area contributed by atoms with E-state index in [0.29, 0.717) is 18.7 Å². The number of nitrogens with zero attached hydrogens (tertiary/aromatic N) is 1. The molecule has 22 heavy (non-hydrogen) atoms. The number of halogens is 1. The standard InChI is InChI=1S/C17H14BrNO2S/c1-11-13(7-8-14(20)15-9-10-16(18)22-15)19-17(21-11)12-5-3-2-4-6-12/h2-6,9-10H,7-8H2,1H3. The molecule has 2 aromatic heterocycles. The first-order chi connectivity index (χ1) is 10.6. The van der Waals surface area contributed by atoms with Gasteiger partial charge in [-0.3, -0.25) is 4.79 Å². The molecule has 1 aromatic carbocycles. The van der Waals surface area contributed by atoms with Crippen LogP contribution in [0.1, 0.15) is 27.5 Å². The average Bonchev–Trinajstić information content (AvgIpc) is 3.12. The van der Waals surface area contributed by atoms with Gasteiger partial charge in [0.05, 0.1) is 14.4 Å². The summed E-state index contributed by atoms with van der Waals surface area (Å²) in [6.45, 7) is 1.89. The van der Waals surface area contributed by atoms with Crippen LogP contribution in [0.25, 0.3) is 11.5 Å². The van der Waals surface area contributed by atoms with E-state index in [4.69, 9.17) is 4.42 Å². The summed E-state index contributed by atoms with van der Waals surface area (Å²) in [5.74, 6) is 1.53. The van der Waals surface area contributed by atoms with Gasteiger partial charge in [0.2, 0.25) is 5.89 Å². The van der Waals surface area contributed by atoms with E-state index in [9.17, 15) is 4.79 Å². The molecular formula is C17H14BrNO2S. The molecule has 112 valence electrons. The van der Waals surface area contributed by atoms with E-state index in [1.54, 1.807) is 0 Å². The Morgan fingerprint density at radius 1 is 1.23 bits per heavy atom. The quantitative estimate of drug-likeness (QED) is 0.569. The lowest BCUT2D eigenvalue weighted by atomic mass is 10.1. The van der Waals surface area contributed by atoms with Crippen molar-refractivity contribution < 1.29 is 9.21 Å². The first kappa shape index (κ1) is 15.2.